The fourth-order valence-corrected chi connectivity index (χ4v) is 6.56. The Morgan fingerprint density at radius 1 is 0.636 bits per heavy atom. The molecule has 2 atom stereocenters. The molecule has 2 heterocycles. The number of carbonyl (C=O) groups excluding carboxylic acids is 5. The minimum absolute atomic E-state index is 0.0521. The van der Waals surface area contributed by atoms with Gasteiger partial charge in [0.2, 0.25) is 5.78 Å². The van der Waals surface area contributed by atoms with Crippen molar-refractivity contribution in [3.8, 4) is 6.07 Å². The summed E-state index contributed by atoms with van der Waals surface area (Å²) in [4.78, 5) is 68.0. The molecule has 2 aliphatic rings. The van der Waals surface area contributed by atoms with E-state index in [1.165, 1.54) is 7.11 Å². The Morgan fingerprint density at radius 3 is 1.53 bits per heavy atom. The summed E-state index contributed by atoms with van der Waals surface area (Å²) >= 11 is 6.58. The highest BCUT2D eigenvalue weighted by molar-refractivity contribution is 9.10. The molecule has 2 aliphatic heterocycles. The number of nitrogens with zero attached hydrogens (tertiary/aromatic N) is 5. The van der Waals surface area contributed by atoms with Crippen LogP contribution in [-0.4, -0.2) is 114 Å². The van der Waals surface area contributed by atoms with Crippen molar-refractivity contribution in [2.24, 2.45) is 0 Å². The lowest BCUT2D eigenvalue weighted by molar-refractivity contribution is -0.130. The molecular formula is C42H43Br2N5O6. The van der Waals surface area contributed by atoms with Crippen LogP contribution in [0.3, 0.4) is 0 Å². The zero-order chi connectivity index (χ0) is 39.9. The highest BCUT2D eigenvalue weighted by Crippen LogP contribution is 2.17. The number of amides is 3. The fraction of sp³-hybridized carbons (Fsp3) is 0.286. The number of nitriles is 1. The van der Waals surface area contributed by atoms with E-state index in [4.69, 9.17) is 5.26 Å². The van der Waals surface area contributed by atoms with Crippen LogP contribution in [0.1, 0.15) is 55.3 Å². The summed E-state index contributed by atoms with van der Waals surface area (Å²) in [5, 5.41) is 8.72. The maximum atomic E-state index is 12.6. The Labute approximate surface area is 338 Å². The predicted molar refractivity (Wildman–Crippen MR) is 216 cm³/mol. The zero-order valence-electron chi connectivity index (χ0n) is 30.9. The van der Waals surface area contributed by atoms with Crippen molar-refractivity contribution in [1.82, 2.24) is 19.6 Å². The largest absolute Gasteiger partial charge is 0.465 e. The number of benzene rings is 4. The first kappa shape index (κ1) is 42.6. The minimum Gasteiger partial charge on any atom is -0.465 e. The zero-order valence-corrected chi connectivity index (χ0v) is 34.1. The second-order valence-corrected chi connectivity index (χ2v) is 14.7. The van der Waals surface area contributed by atoms with Crippen LogP contribution in [0.25, 0.3) is 0 Å². The lowest BCUT2D eigenvalue weighted by Crippen LogP contribution is -2.56. The molecule has 11 nitrogen and oxygen atoms in total. The van der Waals surface area contributed by atoms with E-state index < -0.39 is 11.7 Å². The quantitative estimate of drug-likeness (QED) is 0.0918. The summed E-state index contributed by atoms with van der Waals surface area (Å²) in [7, 11) is 1.37. The van der Waals surface area contributed by atoms with Gasteiger partial charge >= 0.3 is 5.97 Å². The number of ether oxygens (including phenoxy) is 1. The molecule has 4 aromatic carbocycles. The second kappa shape index (κ2) is 21.1. The number of hydrogen-bond donors (Lipinski definition) is 0. The van der Waals surface area contributed by atoms with Gasteiger partial charge < -0.3 is 19.4 Å². The topological polar surface area (TPSA) is 131 Å². The molecule has 0 saturated carbocycles. The predicted octanol–water partition coefficient (Wildman–Crippen LogP) is 6.60. The standard InChI is InChI=1S/C20H19BrN2O3.C14H17N3O.C8H7BrO2/c1-14-13-22(19(25)16-5-3-2-4-6-16)11-12-23(14)20(26)18(24)15-7-9-17(21)10-8-15;1-12-11-17(10-9-16(12)8-7-15)14(18)13-5-3-2-4-6-13;1-11-8(10)6-2-4-7(9)5-3-6/h2-10,14H,11-13H2,1H3;2-6,12H,8-11H2,1H3;2-5H,1H3/t14-;12-;/m11./s1. The average molecular weight is 874 g/mol. The van der Waals surface area contributed by atoms with E-state index in [0.717, 1.165) is 21.1 Å². The molecule has 2 saturated heterocycles. The van der Waals surface area contributed by atoms with E-state index in [1.807, 2.05) is 60.4 Å². The molecular weight excluding hydrogens is 830 g/mol. The van der Waals surface area contributed by atoms with Crippen molar-refractivity contribution in [2.45, 2.75) is 25.9 Å². The highest BCUT2D eigenvalue weighted by Gasteiger charge is 2.33. The third-order valence-electron chi connectivity index (χ3n) is 9.11. The van der Waals surface area contributed by atoms with Crippen molar-refractivity contribution in [3.05, 3.63) is 140 Å². The van der Waals surface area contributed by atoms with E-state index in [-0.39, 0.29) is 29.9 Å². The number of rotatable bonds is 6. The Balaban J connectivity index is 0.000000201. The van der Waals surface area contributed by atoms with Gasteiger partial charge in [0.1, 0.15) is 0 Å². The van der Waals surface area contributed by atoms with Gasteiger partial charge in [-0.2, -0.15) is 5.26 Å². The smallest absolute Gasteiger partial charge is 0.337 e. The van der Waals surface area contributed by atoms with Crippen molar-refractivity contribution in [1.29, 1.82) is 5.26 Å². The molecule has 4 aromatic rings. The normalized spacial score (nSPS) is 16.6. The number of piperazine rings is 2. The van der Waals surface area contributed by atoms with Crippen molar-refractivity contribution in [3.63, 3.8) is 0 Å². The number of esters is 1. The van der Waals surface area contributed by atoms with Gasteiger partial charge in [0.05, 0.1) is 25.3 Å². The molecule has 0 aromatic heterocycles. The van der Waals surface area contributed by atoms with E-state index in [0.29, 0.717) is 56.0 Å². The monoisotopic (exact) mass is 871 g/mol. The molecule has 0 unspecified atom stereocenters. The first-order valence-corrected chi connectivity index (χ1v) is 19.3. The highest BCUT2D eigenvalue weighted by atomic mass is 79.9. The summed E-state index contributed by atoms with van der Waals surface area (Å²) in [5.74, 6) is -1.32. The van der Waals surface area contributed by atoms with Crippen molar-refractivity contribution < 1.29 is 28.7 Å². The molecule has 13 heteroatoms. The van der Waals surface area contributed by atoms with Crippen molar-refractivity contribution in [2.75, 3.05) is 52.9 Å². The molecule has 286 valence electrons. The first-order valence-electron chi connectivity index (χ1n) is 17.7. The molecule has 2 fully saturated rings. The van der Waals surface area contributed by atoms with Gasteiger partial charge in [-0.25, -0.2) is 4.79 Å². The lowest BCUT2D eigenvalue weighted by Gasteiger charge is -2.39. The third kappa shape index (κ3) is 12.2. The molecule has 0 spiro atoms. The second-order valence-electron chi connectivity index (χ2n) is 12.9. The minimum atomic E-state index is -0.522. The summed E-state index contributed by atoms with van der Waals surface area (Å²) in [6, 6.07) is 34.3. The Bertz CT molecular complexity index is 1960. The fourth-order valence-electron chi connectivity index (χ4n) is 6.03. The SMILES string of the molecule is COC(=O)c1ccc(Br)cc1.C[C@@H]1CN(C(=O)c2ccccc2)CCN1C(=O)C(=O)c1ccc(Br)cc1.C[C@@H]1CN(C(=O)c2ccccc2)CCN1CC#N. The molecule has 0 aliphatic carbocycles. The molecule has 55 heavy (non-hydrogen) atoms. The van der Waals surface area contributed by atoms with Gasteiger partial charge in [-0.05, 0) is 86.6 Å². The summed E-state index contributed by atoms with van der Waals surface area (Å²) in [6.07, 6.45) is 0. The van der Waals surface area contributed by atoms with Gasteiger partial charge in [-0.15, -0.1) is 0 Å². The molecule has 0 N–H and O–H groups in total. The maximum absolute atomic E-state index is 12.6. The van der Waals surface area contributed by atoms with Crippen LogP contribution in [0.4, 0.5) is 0 Å². The van der Waals surface area contributed by atoms with Crippen LogP contribution in [0.2, 0.25) is 0 Å². The third-order valence-corrected chi connectivity index (χ3v) is 10.2. The van der Waals surface area contributed by atoms with Crippen molar-refractivity contribution >= 4 is 61.3 Å². The van der Waals surface area contributed by atoms with Crippen LogP contribution in [0.5, 0.6) is 0 Å². The van der Waals surface area contributed by atoms with E-state index in [9.17, 15) is 24.0 Å². The number of halogens is 2. The molecule has 3 amide bonds. The average Bonchev–Trinajstić information content (AvgIpc) is 3.22. The Kier molecular flexibility index (Phi) is 16.3. The molecule has 6 rings (SSSR count). The van der Waals surface area contributed by atoms with Gasteiger partial charge in [0.25, 0.3) is 17.7 Å². The Morgan fingerprint density at radius 2 is 1.09 bits per heavy atom. The summed E-state index contributed by atoms with van der Waals surface area (Å²) < 4.78 is 6.32. The number of hydrogen-bond acceptors (Lipinski definition) is 8. The van der Waals surface area contributed by atoms with Gasteiger partial charge in [0.15, 0.2) is 0 Å². The number of ketones is 1. The lowest BCUT2D eigenvalue weighted by atomic mass is 10.1. The first-order chi connectivity index (χ1) is 26.4. The number of Topliss-reactive ketones (excluding diaryl/α,β-unsaturated/α-hetero) is 1. The number of methoxy groups -OCH3 is 1. The van der Waals surface area contributed by atoms with E-state index in [2.05, 4.69) is 54.5 Å². The molecule has 0 radical (unpaired) electrons. The van der Waals surface area contributed by atoms with Gasteiger partial charge in [0, 0.05) is 77.0 Å². The summed E-state index contributed by atoms with van der Waals surface area (Å²) in [6.45, 7) is 7.68. The van der Waals surface area contributed by atoms with Gasteiger partial charge in [-0.1, -0.05) is 68.3 Å². The van der Waals surface area contributed by atoms with Crippen LogP contribution in [0.15, 0.2) is 118 Å². The van der Waals surface area contributed by atoms with Crippen LogP contribution in [-0.2, 0) is 9.53 Å². The van der Waals surface area contributed by atoms with E-state index >= 15 is 0 Å². The van der Waals surface area contributed by atoms with Crippen LogP contribution in [0, 0.1) is 11.3 Å². The van der Waals surface area contributed by atoms with E-state index in [1.54, 1.807) is 70.5 Å². The maximum Gasteiger partial charge on any atom is 0.337 e. The Hall–Kier alpha value is -5.16. The summed E-state index contributed by atoms with van der Waals surface area (Å²) in [5.41, 5.74) is 2.30. The molecule has 0 bridgehead atoms. The number of carbonyl (C=O) groups is 5. The van der Waals surface area contributed by atoms with Gasteiger partial charge in [-0.3, -0.25) is 24.1 Å². The van der Waals surface area contributed by atoms with Crippen LogP contribution >= 0.6 is 31.9 Å². The van der Waals surface area contributed by atoms with Crippen LogP contribution < -0.4 is 0 Å².